The van der Waals surface area contributed by atoms with Gasteiger partial charge in [-0.05, 0) is 127 Å². The van der Waals surface area contributed by atoms with Crippen LogP contribution in [0.1, 0.15) is 170 Å². The van der Waals surface area contributed by atoms with Gasteiger partial charge in [0.25, 0.3) is 0 Å². The third kappa shape index (κ3) is 25.1. The van der Waals surface area contributed by atoms with Crippen molar-refractivity contribution in [2.75, 3.05) is 26.4 Å². The zero-order valence-corrected chi connectivity index (χ0v) is 59.5. The van der Waals surface area contributed by atoms with Gasteiger partial charge in [-0.25, -0.2) is 17.3 Å². The highest BCUT2D eigenvalue weighted by atomic mass is 32.3. The molecular formula is C66H104O30S3. The van der Waals surface area contributed by atoms with E-state index in [9.17, 15) is 75.1 Å². The van der Waals surface area contributed by atoms with Gasteiger partial charge in [0.15, 0.2) is 17.2 Å². The molecule has 7 aliphatic heterocycles. The Morgan fingerprint density at radius 3 is 2.22 bits per heavy atom. The molecule has 7 heterocycles. The van der Waals surface area contributed by atoms with Crippen molar-refractivity contribution >= 4 is 43.1 Å². The van der Waals surface area contributed by atoms with E-state index in [4.69, 9.17) is 51.7 Å². The number of aliphatic hydroxyl groups excluding tert-OH is 6. The van der Waals surface area contributed by atoms with E-state index < -0.39 is 165 Å². The largest absolute Gasteiger partial charge is 0.465 e. The van der Waals surface area contributed by atoms with E-state index >= 15 is 0 Å². The highest BCUT2D eigenvalue weighted by Crippen LogP contribution is 2.48. The van der Waals surface area contributed by atoms with Crippen LogP contribution < -0.4 is 0 Å². The zero-order chi connectivity index (χ0) is 72.9. The molecule has 7 aliphatic rings. The topological polar surface area (TPSA) is 450 Å². The molecule has 0 bridgehead atoms. The summed E-state index contributed by atoms with van der Waals surface area (Å²) in [4.78, 5) is 25.7. The van der Waals surface area contributed by atoms with Crippen molar-refractivity contribution in [2.24, 2.45) is 17.8 Å². The van der Waals surface area contributed by atoms with Gasteiger partial charge in [-0.15, -0.1) is 0 Å². The van der Waals surface area contributed by atoms with Crippen LogP contribution in [0.4, 0.5) is 0 Å². The lowest BCUT2D eigenvalue weighted by molar-refractivity contribution is -0.321. The summed E-state index contributed by atoms with van der Waals surface area (Å²) in [7, 11) is -15.9. The van der Waals surface area contributed by atoms with Gasteiger partial charge in [-0.3, -0.25) is 18.5 Å². The lowest BCUT2D eigenvalue weighted by Gasteiger charge is -2.50. The van der Waals surface area contributed by atoms with Crippen molar-refractivity contribution in [1.82, 2.24) is 0 Å². The van der Waals surface area contributed by atoms with Gasteiger partial charge in [-0.2, -0.15) is 25.3 Å². The molecule has 0 aromatic carbocycles. The summed E-state index contributed by atoms with van der Waals surface area (Å²) >= 11 is 0. The number of aliphatic hydroxyl groups is 7. The van der Waals surface area contributed by atoms with Gasteiger partial charge < -0.3 is 78.4 Å². The molecule has 7 rings (SSSR count). The molecule has 22 atom stereocenters. The van der Waals surface area contributed by atoms with Crippen LogP contribution >= 0.6 is 0 Å². The van der Waals surface area contributed by atoms with Crippen LogP contribution in [-0.4, -0.2) is 228 Å². The molecule has 566 valence electrons. The second-order valence-corrected chi connectivity index (χ2v) is 31.1. The smallest absolute Gasteiger partial charge is 0.397 e. The van der Waals surface area contributed by atoms with Crippen LogP contribution in [0.15, 0.2) is 71.9 Å². The molecule has 5 unspecified atom stereocenters. The Morgan fingerprint density at radius 1 is 0.808 bits per heavy atom. The normalized spacial score (nSPS) is 33.6. The first-order valence-electron chi connectivity index (χ1n) is 34.0. The Balaban J connectivity index is 0.788. The van der Waals surface area contributed by atoms with Crippen LogP contribution in [0.3, 0.4) is 0 Å². The molecular weight excluding hydrogens is 1370 g/mol. The first kappa shape index (κ1) is 82.7. The average Bonchev–Trinajstić information content (AvgIpc) is 1.68. The molecule has 3 spiro atoms. The molecule has 0 aliphatic carbocycles. The Kier molecular flexibility index (Phi) is 30.0. The SMILES string of the molecule is C=C1[C@@H](O)[C@@H]2O[C@]3(CC[C@H](C=C[C@@H](C)[C@@H]4CC(C)=C[C@@]5(O[C@H](C[C@@](C)(O)C(=O)OC/C(C)=C/C=C/CCOC(=O)C/C=C\CCC(O)CC(CC(O)C(OS(=O)(=O)O)C(O)COS(=O)(=O)O)OS(=O)(=O)O)CC[C@H]5O)O4)O3)CC[C@H]2O[C@@H]1[C@@H](O)C[C@H](C)[C@H]1O[C@@]2(CCCCO2)CC[C@H]1C. The summed E-state index contributed by atoms with van der Waals surface area (Å²) in [6.45, 7) is 14.6. The second-order valence-electron chi connectivity index (χ2n) is 28.0. The predicted octanol–water partition coefficient (Wildman–Crippen LogP) is 4.89. The van der Waals surface area contributed by atoms with E-state index in [0.717, 1.165) is 37.7 Å². The van der Waals surface area contributed by atoms with Crippen molar-refractivity contribution in [3.63, 3.8) is 0 Å². The fraction of sp³-hybridized carbons (Fsp3) is 0.788. The summed E-state index contributed by atoms with van der Waals surface area (Å²) in [6, 6.07) is 0. The first-order chi connectivity index (χ1) is 46.3. The fourth-order valence-electron chi connectivity index (χ4n) is 14.1. The number of hydrogen-bond donors (Lipinski definition) is 10. The van der Waals surface area contributed by atoms with E-state index in [-0.39, 0.29) is 69.4 Å². The minimum absolute atomic E-state index is 0.00671. The van der Waals surface area contributed by atoms with E-state index in [1.54, 1.807) is 31.2 Å². The second kappa shape index (κ2) is 35.9. The Labute approximate surface area is 580 Å². The van der Waals surface area contributed by atoms with Gasteiger partial charge in [0, 0.05) is 50.9 Å². The van der Waals surface area contributed by atoms with Gasteiger partial charge in [0.1, 0.15) is 43.2 Å². The molecule has 6 fully saturated rings. The molecule has 10 N–H and O–H groups in total. The molecule has 0 saturated carbocycles. The third-order valence-electron chi connectivity index (χ3n) is 19.3. The number of carbonyl (C=O) groups excluding carboxylic acids is 2. The molecule has 99 heavy (non-hydrogen) atoms. The Morgan fingerprint density at radius 2 is 1.53 bits per heavy atom. The fourth-order valence-corrected chi connectivity index (χ4v) is 15.4. The van der Waals surface area contributed by atoms with Crippen molar-refractivity contribution in [1.29, 1.82) is 0 Å². The molecule has 0 aromatic rings. The summed E-state index contributed by atoms with van der Waals surface area (Å²) < 4.78 is 164. The van der Waals surface area contributed by atoms with E-state index in [0.29, 0.717) is 75.0 Å². The number of rotatable bonds is 34. The number of esters is 2. The van der Waals surface area contributed by atoms with Crippen LogP contribution in [0.2, 0.25) is 0 Å². The molecule has 0 aromatic heterocycles. The van der Waals surface area contributed by atoms with Crippen LogP contribution in [0.5, 0.6) is 0 Å². The molecule has 0 amide bonds. The zero-order valence-electron chi connectivity index (χ0n) is 57.1. The standard InChI is InChI=1S/C66H104O30S3/c1-40(16-10-9-14-30-85-56(72)18-12-8-11-17-46(67)34-49(95-98(79,80)81)35-51(69)60(96-99(82,83)84)52(70)39-88-97(76,77)78)38-86-62(74)63(7,75)37-48-21-22-55(71)66(91-48)36-41(2)32-54(92-66)42(3)19-20-47-24-28-65(90-47)29-25-53-61(94-65)57(73)45(6)59(89-53)50(68)33-44(5)58-43(4)23-27-64(93-58)26-13-15-31-87-64/h8-10,12,16,19-20,36,42-44,46-55,57-61,67-71,73,75H,6,11,13-15,17-18,21-35,37-39H2,1-5,7H3,(H,76,77,78)(H,79,80,81)(H,82,83,84)/b10-9+,12-8-,20-19?,40-16+/t42-,43-,44+,46?,47+,48+,49?,50+,51?,52?,53-,54+,55-,57-,58+,59+,60?,61-,63-,64+,65-,66-/m1/s1. The average molecular weight is 1470 g/mol. The van der Waals surface area contributed by atoms with Crippen molar-refractivity contribution in [2.45, 2.75) is 284 Å². The highest BCUT2D eigenvalue weighted by Gasteiger charge is 2.55. The minimum atomic E-state index is -5.46. The van der Waals surface area contributed by atoms with Gasteiger partial charge >= 0.3 is 43.1 Å². The maximum atomic E-state index is 13.3. The summed E-state index contributed by atoms with van der Waals surface area (Å²) in [6.07, 6.45) is 4.04. The van der Waals surface area contributed by atoms with Crippen molar-refractivity contribution in [3.05, 3.63) is 71.9 Å². The number of carbonyl (C=O) groups is 2. The number of hydrogen-bond acceptors (Lipinski definition) is 27. The quantitative estimate of drug-likeness (QED) is 0.0135. The predicted molar refractivity (Wildman–Crippen MR) is 350 cm³/mol. The number of allylic oxidation sites excluding steroid dienone is 3. The number of fused-ring (bicyclic) bond motifs is 1. The lowest BCUT2D eigenvalue weighted by atomic mass is 9.79. The maximum absolute atomic E-state index is 13.3. The van der Waals surface area contributed by atoms with E-state index in [2.05, 4.69) is 33.0 Å². The number of ether oxygens (including phenoxy) is 9. The summed E-state index contributed by atoms with van der Waals surface area (Å²) in [5.74, 6) is -4.37. The van der Waals surface area contributed by atoms with E-state index in [1.807, 2.05) is 26.0 Å². The monoisotopic (exact) mass is 1470 g/mol. The third-order valence-corrected chi connectivity index (χ3v) is 20.7. The van der Waals surface area contributed by atoms with Crippen LogP contribution in [0, 0.1) is 17.8 Å². The Hall–Kier alpha value is -3.57. The van der Waals surface area contributed by atoms with Gasteiger partial charge in [0.05, 0.1) is 81.2 Å². The lowest BCUT2D eigenvalue weighted by Crippen LogP contribution is -2.60. The van der Waals surface area contributed by atoms with Gasteiger partial charge in [-0.1, -0.05) is 75.5 Å². The van der Waals surface area contributed by atoms with E-state index in [1.165, 1.54) is 19.1 Å². The summed E-state index contributed by atoms with van der Waals surface area (Å²) in [5, 5.41) is 77.5. The Bertz CT molecular complexity index is 3180. The van der Waals surface area contributed by atoms with Crippen molar-refractivity contribution in [3.8, 4) is 0 Å². The van der Waals surface area contributed by atoms with Crippen LogP contribution in [-0.2, 0) is 96.0 Å². The minimum Gasteiger partial charge on any atom is -0.465 e. The van der Waals surface area contributed by atoms with Crippen LogP contribution in [0.25, 0.3) is 0 Å². The first-order valence-corrected chi connectivity index (χ1v) is 38.1. The summed E-state index contributed by atoms with van der Waals surface area (Å²) in [5.41, 5.74) is -0.0379. The van der Waals surface area contributed by atoms with Gasteiger partial charge in [0.2, 0.25) is 5.79 Å². The molecule has 0 radical (unpaired) electrons. The molecule has 30 nitrogen and oxygen atoms in total. The van der Waals surface area contributed by atoms with Crippen molar-refractivity contribution < 1.29 is 139 Å². The molecule has 6 saturated heterocycles. The molecule has 33 heteroatoms. The highest BCUT2D eigenvalue weighted by molar-refractivity contribution is 7.81. The maximum Gasteiger partial charge on any atom is 0.397 e.